The summed E-state index contributed by atoms with van der Waals surface area (Å²) in [5.41, 5.74) is 0. The van der Waals surface area contributed by atoms with E-state index in [1.54, 1.807) is 6.92 Å². The fraction of sp³-hybridized carbons (Fsp3) is 1.00. The van der Waals surface area contributed by atoms with Gasteiger partial charge in [-0.25, -0.2) is 9.78 Å². The van der Waals surface area contributed by atoms with Crippen LogP contribution in [0.4, 0.5) is 0 Å². The molecule has 1 heterocycles. The minimum Gasteiger partial charge on any atom is -0.318 e. The predicted molar refractivity (Wildman–Crippen MR) is 26.8 cm³/mol. The summed E-state index contributed by atoms with van der Waals surface area (Å²) in [6.45, 7) is 3.78. The number of hydrogen-bond donors (Lipinski definition) is 0. The van der Waals surface area contributed by atoms with Crippen LogP contribution < -0.4 is 0 Å². The van der Waals surface area contributed by atoms with Crippen LogP contribution in [0.1, 0.15) is 20.3 Å². The molecule has 1 rings (SSSR count). The largest absolute Gasteiger partial charge is 0.318 e. The maximum absolute atomic E-state index is 5.07. The molecule has 3 nitrogen and oxygen atoms in total. The Balaban J connectivity index is 2.22. The van der Waals surface area contributed by atoms with Crippen molar-refractivity contribution in [3.63, 3.8) is 0 Å². The zero-order chi connectivity index (χ0) is 5.98. The Labute approximate surface area is 48.5 Å². The first-order chi connectivity index (χ1) is 3.83. The first-order valence-electron chi connectivity index (χ1n) is 2.80. The summed E-state index contributed by atoms with van der Waals surface area (Å²) < 4.78 is 5.07. The molecule has 48 valence electrons. The van der Waals surface area contributed by atoms with Crippen LogP contribution in [0, 0.1) is 0 Å². The van der Waals surface area contributed by atoms with Crippen LogP contribution in [0.2, 0.25) is 0 Å². The molecule has 2 atom stereocenters. The van der Waals surface area contributed by atoms with Gasteiger partial charge in [-0.1, -0.05) is 6.92 Å². The molecule has 0 radical (unpaired) electrons. The molecular weight excluding hydrogens is 108 g/mol. The summed E-state index contributed by atoms with van der Waals surface area (Å²) in [5.74, 6) is 0. The summed E-state index contributed by atoms with van der Waals surface area (Å²) in [5, 5.41) is 0. The van der Waals surface area contributed by atoms with Crippen molar-refractivity contribution in [3.8, 4) is 0 Å². The molecule has 8 heavy (non-hydrogen) atoms. The Hall–Kier alpha value is -0.120. The van der Waals surface area contributed by atoms with Gasteiger partial charge in [0, 0.05) is 0 Å². The number of hydrogen-bond acceptors (Lipinski definition) is 3. The summed E-state index contributed by atoms with van der Waals surface area (Å²) in [6, 6.07) is 0. The Morgan fingerprint density at radius 2 is 2.12 bits per heavy atom. The zero-order valence-electron chi connectivity index (χ0n) is 5.09. The average Bonchev–Trinajstić information content (AvgIpc) is 2.14. The predicted octanol–water partition coefficient (Wildman–Crippen LogP) is 1.05. The lowest BCUT2D eigenvalue weighted by Crippen LogP contribution is -2.06. The van der Waals surface area contributed by atoms with E-state index < -0.39 is 0 Å². The van der Waals surface area contributed by atoms with Gasteiger partial charge in [0.25, 0.3) is 0 Å². The van der Waals surface area contributed by atoms with Crippen molar-refractivity contribution in [3.05, 3.63) is 0 Å². The van der Waals surface area contributed by atoms with Gasteiger partial charge in [-0.15, -0.1) is 0 Å². The molecule has 0 N–H and O–H groups in total. The van der Waals surface area contributed by atoms with Gasteiger partial charge < -0.3 is 4.74 Å². The Morgan fingerprint density at radius 3 is 2.38 bits per heavy atom. The third kappa shape index (κ3) is 1.18. The summed E-state index contributed by atoms with van der Waals surface area (Å²) in [7, 11) is 0. The quantitative estimate of drug-likeness (QED) is 0.481. The normalized spacial score (nSPS) is 38.2. The Kier molecular flexibility index (Phi) is 1.83. The molecule has 0 amide bonds. The van der Waals surface area contributed by atoms with Crippen LogP contribution in [0.3, 0.4) is 0 Å². The maximum atomic E-state index is 5.07. The highest BCUT2D eigenvalue weighted by molar-refractivity contribution is 4.41. The molecule has 0 aromatic rings. The highest BCUT2D eigenvalue weighted by Crippen LogP contribution is 2.14. The molecule has 0 saturated carbocycles. The van der Waals surface area contributed by atoms with Crippen molar-refractivity contribution in [2.45, 2.75) is 32.8 Å². The molecule has 1 aliphatic heterocycles. The second kappa shape index (κ2) is 2.44. The molecule has 0 unspecified atom stereocenters. The highest BCUT2D eigenvalue weighted by Gasteiger charge is 2.21. The summed E-state index contributed by atoms with van der Waals surface area (Å²) in [4.78, 5) is 9.33. The molecule has 0 spiro atoms. The third-order valence-electron chi connectivity index (χ3n) is 0.975. The molecule has 0 aromatic carbocycles. The van der Waals surface area contributed by atoms with Crippen LogP contribution in [-0.2, 0) is 14.5 Å². The Morgan fingerprint density at radius 1 is 1.38 bits per heavy atom. The fourth-order valence-corrected chi connectivity index (χ4v) is 0.564. The van der Waals surface area contributed by atoms with E-state index in [-0.39, 0.29) is 12.6 Å². The van der Waals surface area contributed by atoms with Crippen LogP contribution in [-0.4, -0.2) is 12.6 Å². The topological polar surface area (TPSA) is 27.7 Å². The molecule has 0 aliphatic carbocycles. The lowest BCUT2D eigenvalue weighted by Gasteiger charge is -1.98. The first kappa shape index (κ1) is 6.01. The van der Waals surface area contributed by atoms with Gasteiger partial charge in [0.1, 0.15) is 0 Å². The maximum Gasteiger partial charge on any atom is 0.194 e. The molecule has 0 bridgehead atoms. The second-order valence-corrected chi connectivity index (χ2v) is 1.73. The smallest absolute Gasteiger partial charge is 0.194 e. The van der Waals surface area contributed by atoms with Gasteiger partial charge in [0.2, 0.25) is 0 Å². The minimum absolute atomic E-state index is 0.148. The highest BCUT2D eigenvalue weighted by atomic mass is 17.3. The van der Waals surface area contributed by atoms with E-state index in [1.165, 1.54) is 0 Å². The molecule has 3 heteroatoms. The monoisotopic (exact) mass is 118 g/mol. The van der Waals surface area contributed by atoms with Crippen LogP contribution >= 0.6 is 0 Å². The van der Waals surface area contributed by atoms with Gasteiger partial charge in [-0.05, 0) is 13.3 Å². The molecule has 0 aromatic heterocycles. The van der Waals surface area contributed by atoms with Crippen molar-refractivity contribution in [2.24, 2.45) is 0 Å². The van der Waals surface area contributed by atoms with E-state index in [9.17, 15) is 0 Å². The third-order valence-corrected chi connectivity index (χ3v) is 0.975. The zero-order valence-corrected chi connectivity index (χ0v) is 5.09. The van der Waals surface area contributed by atoms with Gasteiger partial charge in [0.05, 0.1) is 0 Å². The van der Waals surface area contributed by atoms with Crippen LogP contribution in [0.5, 0.6) is 0 Å². The van der Waals surface area contributed by atoms with E-state index in [4.69, 9.17) is 9.62 Å². The first-order valence-corrected chi connectivity index (χ1v) is 2.80. The Bertz CT molecular complexity index is 74.1. The molecule has 1 fully saturated rings. The van der Waals surface area contributed by atoms with Gasteiger partial charge in [-0.2, -0.15) is 0 Å². The van der Waals surface area contributed by atoms with Crippen molar-refractivity contribution in [1.82, 2.24) is 0 Å². The fourth-order valence-electron chi connectivity index (χ4n) is 0.564. The van der Waals surface area contributed by atoms with Crippen molar-refractivity contribution in [1.29, 1.82) is 0 Å². The van der Waals surface area contributed by atoms with Crippen molar-refractivity contribution in [2.75, 3.05) is 0 Å². The molecule has 1 aliphatic rings. The van der Waals surface area contributed by atoms with E-state index >= 15 is 0 Å². The second-order valence-electron chi connectivity index (χ2n) is 1.73. The molecular formula is C5H10O3. The summed E-state index contributed by atoms with van der Waals surface area (Å²) >= 11 is 0. The van der Waals surface area contributed by atoms with Gasteiger partial charge >= 0.3 is 0 Å². The van der Waals surface area contributed by atoms with Gasteiger partial charge in [-0.3, -0.25) is 0 Å². The van der Waals surface area contributed by atoms with E-state index in [0.29, 0.717) is 0 Å². The van der Waals surface area contributed by atoms with E-state index in [1.807, 2.05) is 6.92 Å². The van der Waals surface area contributed by atoms with Gasteiger partial charge in [0.15, 0.2) is 12.6 Å². The van der Waals surface area contributed by atoms with Crippen LogP contribution in [0.25, 0.3) is 0 Å². The van der Waals surface area contributed by atoms with Crippen molar-refractivity contribution < 1.29 is 14.5 Å². The van der Waals surface area contributed by atoms with E-state index in [2.05, 4.69) is 4.89 Å². The van der Waals surface area contributed by atoms with E-state index in [0.717, 1.165) is 6.42 Å². The lowest BCUT2D eigenvalue weighted by molar-refractivity contribution is -0.293. The standard InChI is InChI=1S/C5H10O3/c1-3-5-6-4(2)7-8-5/h4-5H,3H2,1-2H3/t4-,5-/m0/s1. The lowest BCUT2D eigenvalue weighted by atomic mass is 10.5. The SMILES string of the molecule is CC[C@@H]1OO[C@@H](C)O1. The number of rotatable bonds is 1. The number of ether oxygens (including phenoxy) is 1. The average molecular weight is 118 g/mol. The molecule has 1 saturated heterocycles. The summed E-state index contributed by atoms with van der Waals surface area (Å²) in [6.07, 6.45) is 0.495. The van der Waals surface area contributed by atoms with Crippen LogP contribution in [0.15, 0.2) is 0 Å². The minimum atomic E-state index is -0.194. The van der Waals surface area contributed by atoms with Crippen molar-refractivity contribution >= 4 is 0 Å².